The van der Waals surface area contributed by atoms with Crippen molar-refractivity contribution < 1.29 is 14.3 Å². The Kier molecular flexibility index (Phi) is 6.58. The Labute approximate surface area is 139 Å². The minimum Gasteiger partial charge on any atom is -0.452 e. The Morgan fingerprint density at radius 3 is 2.59 bits per heavy atom. The molecule has 2 rings (SSSR count). The van der Waals surface area contributed by atoms with Crippen molar-refractivity contribution >= 4 is 35.2 Å². The number of esters is 1. The summed E-state index contributed by atoms with van der Waals surface area (Å²) in [5, 5.41) is 3.58. The molecule has 120 valence electrons. The predicted octanol–water partition coefficient (Wildman–Crippen LogP) is 3.42. The van der Waals surface area contributed by atoms with Crippen LogP contribution in [0.1, 0.15) is 32.6 Å². The first-order valence-electron chi connectivity index (χ1n) is 7.43. The lowest BCUT2D eigenvalue weighted by Crippen LogP contribution is -2.41. The fraction of sp³-hybridized carbons (Fsp3) is 0.500. The summed E-state index contributed by atoms with van der Waals surface area (Å²) in [6, 6.07) is 7.46. The number of ether oxygens (including phenoxy) is 1. The molecule has 0 bridgehead atoms. The minimum absolute atomic E-state index is 0.169. The number of carbonyl (C=O) groups excluding carboxylic acids is 2. The number of amides is 1. The van der Waals surface area contributed by atoms with E-state index in [0.29, 0.717) is 5.02 Å². The highest BCUT2D eigenvalue weighted by Gasteiger charge is 2.22. The largest absolute Gasteiger partial charge is 0.452 e. The molecule has 0 aliphatic heterocycles. The highest BCUT2D eigenvalue weighted by molar-refractivity contribution is 8.00. The third-order valence-corrected chi connectivity index (χ3v) is 4.79. The number of carbonyl (C=O) groups is 2. The van der Waals surface area contributed by atoms with E-state index in [1.807, 2.05) is 12.1 Å². The zero-order chi connectivity index (χ0) is 15.9. The third kappa shape index (κ3) is 5.54. The number of hydrogen-bond donors (Lipinski definition) is 1. The summed E-state index contributed by atoms with van der Waals surface area (Å²) in [5.41, 5.74) is 0. The van der Waals surface area contributed by atoms with Crippen molar-refractivity contribution in [2.45, 2.75) is 49.6 Å². The van der Waals surface area contributed by atoms with Gasteiger partial charge >= 0.3 is 5.97 Å². The Hall–Kier alpha value is -1.20. The molecule has 1 aromatic carbocycles. The lowest BCUT2D eigenvalue weighted by molar-refractivity contribution is -0.152. The molecule has 1 atom stereocenters. The van der Waals surface area contributed by atoms with Crippen LogP contribution >= 0.6 is 23.4 Å². The van der Waals surface area contributed by atoms with Crippen LogP contribution in [-0.2, 0) is 14.3 Å². The molecular weight excluding hydrogens is 322 g/mol. The second kappa shape index (κ2) is 8.44. The summed E-state index contributed by atoms with van der Waals surface area (Å²) in [7, 11) is 0. The molecule has 0 heterocycles. The maximum Gasteiger partial charge on any atom is 0.317 e. The molecule has 1 aromatic rings. The highest BCUT2D eigenvalue weighted by Crippen LogP contribution is 2.21. The van der Waals surface area contributed by atoms with Crippen LogP contribution < -0.4 is 5.32 Å². The molecule has 22 heavy (non-hydrogen) atoms. The SMILES string of the molecule is CC(OC(=O)CSc1ccc(Cl)cc1)C(=O)NC1CCCC1. The summed E-state index contributed by atoms with van der Waals surface area (Å²) < 4.78 is 5.17. The van der Waals surface area contributed by atoms with Crippen molar-refractivity contribution in [3.8, 4) is 0 Å². The average molecular weight is 342 g/mol. The van der Waals surface area contributed by atoms with Crippen LogP contribution in [0.5, 0.6) is 0 Å². The number of hydrogen-bond acceptors (Lipinski definition) is 4. The third-order valence-electron chi connectivity index (χ3n) is 3.55. The number of nitrogens with one attached hydrogen (secondary N) is 1. The van der Waals surface area contributed by atoms with E-state index in [2.05, 4.69) is 5.32 Å². The Morgan fingerprint density at radius 2 is 1.95 bits per heavy atom. The van der Waals surface area contributed by atoms with Crippen LogP contribution in [0.2, 0.25) is 5.02 Å². The topological polar surface area (TPSA) is 55.4 Å². The number of thioether (sulfide) groups is 1. The van der Waals surface area contributed by atoms with Crippen molar-refractivity contribution in [3.05, 3.63) is 29.3 Å². The van der Waals surface area contributed by atoms with Crippen LogP contribution in [0.3, 0.4) is 0 Å². The lowest BCUT2D eigenvalue weighted by Gasteiger charge is -2.17. The van der Waals surface area contributed by atoms with Crippen molar-refractivity contribution in [1.82, 2.24) is 5.32 Å². The maximum atomic E-state index is 11.9. The molecule has 6 heteroatoms. The first kappa shape index (κ1) is 17.2. The van der Waals surface area contributed by atoms with Gasteiger partial charge in [0.1, 0.15) is 0 Å². The fourth-order valence-electron chi connectivity index (χ4n) is 2.35. The van der Waals surface area contributed by atoms with E-state index in [-0.39, 0.29) is 17.7 Å². The predicted molar refractivity (Wildman–Crippen MR) is 88.1 cm³/mol. The molecule has 0 saturated heterocycles. The fourth-order valence-corrected chi connectivity index (χ4v) is 3.15. The van der Waals surface area contributed by atoms with Gasteiger partial charge in [-0.2, -0.15) is 0 Å². The van der Waals surface area contributed by atoms with Gasteiger partial charge in [0.25, 0.3) is 5.91 Å². The van der Waals surface area contributed by atoms with E-state index in [4.69, 9.17) is 16.3 Å². The van der Waals surface area contributed by atoms with Crippen LogP contribution in [0.4, 0.5) is 0 Å². The van der Waals surface area contributed by atoms with Gasteiger partial charge in [-0.25, -0.2) is 0 Å². The molecule has 0 aromatic heterocycles. The summed E-state index contributed by atoms with van der Waals surface area (Å²) in [6.45, 7) is 1.61. The monoisotopic (exact) mass is 341 g/mol. The highest BCUT2D eigenvalue weighted by atomic mass is 35.5. The second-order valence-corrected chi connectivity index (χ2v) is 6.85. The average Bonchev–Trinajstić information content (AvgIpc) is 2.99. The van der Waals surface area contributed by atoms with Crippen LogP contribution in [0.15, 0.2) is 29.2 Å². The first-order valence-corrected chi connectivity index (χ1v) is 8.79. The van der Waals surface area contributed by atoms with E-state index in [9.17, 15) is 9.59 Å². The van der Waals surface area contributed by atoms with E-state index < -0.39 is 12.1 Å². The summed E-state index contributed by atoms with van der Waals surface area (Å²) >= 11 is 7.16. The molecule has 1 aliphatic rings. The minimum atomic E-state index is -0.751. The smallest absolute Gasteiger partial charge is 0.317 e. The summed E-state index contributed by atoms with van der Waals surface area (Å²) in [5.74, 6) is -0.436. The zero-order valence-corrected chi connectivity index (χ0v) is 14.1. The molecule has 1 saturated carbocycles. The van der Waals surface area contributed by atoms with E-state index >= 15 is 0 Å². The van der Waals surface area contributed by atoms with Gasteiger partial charge in [0.15, 0.2) is 6.10 Å². The number of rotatable bonds is 6. The molecule has 0 radical (unpaired) electrons. The molecule has 1 unspecified atom stereocenters. The van der Waals surface area contributed by atoms with Gasteiger partial charge in [0, 0.05) is 16.0 Å². The van der Waals surface area contributed by atoms with Crippen molar-refractivity contribution in [3.63, 3.8) is 0 Å². The zero-order valence-electron chi connectivity index (χ0n) is 12.5. The maximum absolute atomic E-state index is 11.9. The van der Waals surface area contributed by atoms with Gasteiger partial charge in [-0.3, -0.25) is 9.59 Å². The van der Waals surface area contributed by atoms with Gasteiger partial charge in [-0.15, -0.1) is 11.8 Å². The Balaban J connectivity index is 1.71. The van der Waals surface area contributed by atoms with E-state index in [1.165, 1.54) is 11.8 Å². The Bertz CT molecular complexity index is 515. The van der Waals surface area contributed by atoms with E-state index in [1.54, 1.807) is 19.1 Å². The van der Waals surface area contributed by atoms with Crippen molar-refractivity contribution in [2.24, 2.45) is 0 Å². The van der Waals surface area contributed by atoms with Gasteiger partial charge in [0.2, 0.25) is 0 Å². The standard InChI is InChI=1S/C16H20ClNO3S/c1-11(16(20)18-13-4-2-3-5-13)21-15(19)10-22-14-8-6-12(17)7-9-14/h6-9,11,13H,2-5,10H2,1H3,(H,18,20). The van der Waals surface area contributed by atoms with Crippen LogP contribution in [0, 0.1) is 0 Å². The molecule has 1 fully saturated rings. The molecule has 0 spiro atoms. The summed E-state index contributed by atoms with van der Waals surface area (Å²) in [6.07, 6.45) is 3.57. The number of benzene rings is 1. The van der Waals surface area contributed by atoms with Crippen LogP contribution in [-0.4, -0.2) is 29.8 Å². The Morgan fingerprint density at radius 1 is 1.32 bits per heavy atom. The van der Waals surface area contributed by atoms with Gasteiger partial charge in [-0.05, 0) is 44.0 Å². The van der Waals surface area contributed by atoms with Gasteiger partial charge in [0.05, 0.1) is 5.75 Å². The summed E-state index contributed by atoms with van der Waals surface area (Å²) in [4.78, 5) is 24.7. The van der Waals surface area contributed by atoms with Gasteiger partial charge in [-0.1, -0.05) is 24.4 Å². The molecule has 1 N–H and O–H groups in total. The quantitative estimate of drug-likeness (QED) is 0.636. The van der Waals surface area contributed by atoms with Crippen molar-refractivity contribution in [2.75, 3.05) is 5.75 Å². The molecule has 1 amide bonds. The second-order valence-electron chi connectivity index (χ2n) is 5.36. The lowest BCUT2D eigenvalue weighted by atomic mass is 10.2. The first-order chi connectivity index (χ1) is 10.5. The molecular formula is C16H20ClNO3S. The van der Waals surface area contributed by atoms with Crippen molar-refractivity contribution in [1.29, 1.82) is 0 Å². The number of halogens is 1. The van der Waals surface area contributed by atoms with Crippen LogP contribution in [0.25, 0.3) is 0 Å². The molecule has 1 aliphatic carbocycles. The van der Waals surface area contributed by atoms with E-state index in [0.717, 1.165) is 30.6 Å². The molecule has 4 nitrogen and oxygen atoms in total. The normalized spacial score (nSPS) is 16.3. The van der Waals surface area contributed by atoms with Gasteiger partial charge < -0.3 is 10.1 Å².